The van der Waals surface area contributed by atoms with Crippen LogP contribution in [0.3, 0.4) is 0 Å². The molecule has 0 bridgehead atoms. The largest absolute Gasteiger partial charge is 0.508 e. The van der Waals surface area contributed by atoms with Crippen LogP contribution < -0.4 is 5.32 Å². The summed E-state index contributed by atoms with van der Waals surface area (Å²) in [6, 6.07) is 27.2. The first-order valence-corrected chi connectivity index (χ1v) is 11.7. The van der Waals surface area contributed by atoms with Crippen LogP contribution in [-0.4, -0.2) is 21.0 Å². The number of rotatable bonds is 7. The van der Waals surface area contributed by atoms with Gasteiger partial charge in [0.25, 0.3) is 0 Å². The van der Waals surface area contributed by atoms with E-state index in [0.29, 0.717) is 6.42 Å². The predicted octanol–water partition coefficient (Wildman–Crippen LogP) is 5.89. The van der Waals surface area contributed by atoms with Gasteiger partial charge >= 0.3 is 0 Å². The summed E-state index contributed by atoms with van der Waals surface area (Å²) in [5.74, 6) is 0.110. The molecule has 0 saturated heterocycles. The van der Waals surface area contributed by atoms with Gasteiger partial charge in [-0.25, -0.2) is 0 Å². The molecule has 1 unspecified atom stereocenters. The van der Waals surface area contributed by atoms with E-state index in [2.05, 4.69) is 47.6 Å². The lowest BCUT2D eigenvalue weighted by atomic mass is 9.93. The number of aromatic amines is 1. The molecule has 0 fully saturated rings. The maximum absolute atomic E-state index is 13.3. The first-order valence-electron chi connectivity index (χ1n) is 11.7. The summed E-state index contributed by atoms with van der Waals surface area (Å²) in [5.41, 5.74) is 6.96. The summed E-state index contributed by atoms with van der Waals surface area (Å²) in [4.78, 5) is 21.2. The van der Waals surface area contributed by atoms with Crippen molar-refractivity contribution in [3.05, 3.63) is 120 Å². The van der Waals surface area contributed by atoms with Crippen molar-refractivity contribution in [1.82, 2.24) is 15.3 Å². The molecule has 0 saturated carbocycles. The highest BCUT2D eigenvalue weighted by molar-refractivity contribution is 5.89. The third-order valence-electron chi connectivity index (χ3n) is 6.32. The molecule has 3 aromatic carbocycles. The molecular weight excluding hydrogens is 434 g/mol. The van der Waals surface area contributed by atoms with Crippen molar-refractivity contribution in [1.29, 1.82) is 0 Å². The maximum atomic E-state index is 13.3. The lowest BCUT2D eigenvalue weighted by Gasteiger charge is -2.22. The van der Waals surface area contributed by atoms with Crippen molar-refractivity contribution >= 4 is 16.8 Å². The number of pyridine rings is 1. The van der Waals surface area contributed by atoms with Crippen LogP contribution in [0, 0.1) is 6.92 Å². The lowest BCUT2D eigenvalue weighted by Crippen LogP contribution is -2.32. The fourth-order valence-corrected chi connectivity index (χ4v) is 4.60. The first-order chi connectivity index (χ1) is 17.1. The zero-order valence-electron chi connectivity index (χ0n) is 19.5. The highest BCUT2D eigenvalue weighted by atomic mass is 16.3. The number of carbonyl (C=O) groups excluding carboxylic acids is 1. The van der Waals surface area contributed by atoms with Crippen LogP contribution in [0.1, 0.15) is 28.4 Å². The minimum atomic E-state index is -0.296. The van der Waals surface area contributed by atoms with E-state index in [-0.39, 0.29) is 24.1 Å². The molecule has 1 amide bonds. The number of aromatic nitrogens is 2. The summed E-state index contributed by atoms with van der Waals surface area (Å²) in [7, 11) is 0. The van der Waals surface area contributed by atoms with Crippen molar-refractivity contribution in [2.45, 2.75) is 25.8 Å². The second-order valence-corrected chi connectivity index (χ2v) is 8.78. The molecule has 5 nitrogen and oxygen atoms in total. The number of amides is 1. The number of carbonyl (C=O) groups is 1. The molecule has 174 valence electrons. The van der Waals surface area contributed by atoms with Crippen LogP contribution in [0.2, 0.25) is 0 Å². The number of aryl methyl sites for hydroxylation is 1. The number of hydrogen-bond donors (Lipinski definition) is 3. The minimum Gasteiger partial charge on any atom is -0.508 e. The van der Waals surface area contributed by atoms with E-state index in [1.54, 1.807) is 18.3 Å². The molecule has 0 spiro atoms. The van der Waals surface area contributed by atoms with E-state index < -0.39 is 0 Å². The van der Waals surface area contributed by atoms with E-state index in [1.807, 2.05) is 48.7 Å². The van der Waals surface area contributed by atoms with E-state index in [0.717, 1.165) is 44.4 Å². The van der Waals surface area contributed by atoms with Gasteiger partial charge < -0.3 is 15.4 Å². The number of nitrogens with one attached hydrogen (secondary N) is 2. The first kappa shape index (κ1) is 22.4. The highest BCUT2D eigenvalue weighted by Crippen LogP contribution is 2.31. The van der Waals surface area contributed by atoms with Crippen LogP contribution in [0.15, 0.2) is 97.3 Å². The van der Waals surface area contributed by atoms with E-state index >= 15 is 0 Å². The molecule has 2 heterocycles. The van der Waals surface area contributed by atoms with E-state index in [9.17, 15) is 9.90 Å². The monoisotopic (exact) mass is 461 g/mol. The minimum absolute atomic E-state index is 0.0821. The van der Waals surface area contributed by atoms with Gasteiger partial charge in [-0.05, 0) is 53.8 Å². The fraction of sp³-hybridized carbons (Fsp3) is 0.133. The number of fused-ring (bicyclic) bond motifs is 1. The van der Waals surface area contributed by atoms with Gasteiger partial charge in [-0.3, -0.25) is 9.78 Å². The molecule has 35 heavy (non-hydrogen) atoms. The van der Waals surface area contributed by atoms with Gasteiger partial charge in [-0.15, -0.1) is 0 Å². The zero-order chi connectivity index (χ0) is 24.2. The second-order valence-electron chi connectivity index (χ2n) is 8.78. The average Bonchev–Trinajstić information content (AvgIpc) is 3.26. The molecule has 5 heteroatoms. The molecule has 0 aliphatic rings. The standard InChI is InChI=1S/C30H27N3O2/c1-20-8-5-6-11-24(20)26-12-7-15-31-30(26)28(16-21-9-3-2-4-10-21)33-29(35)17-22-19-32-27-18-23(34)13-14-25(22)27/h2-15,18-19,28,32,34H,16-17H2,1H3,(H,33,35). The van der Waals surface area contributed by atoms with E-state index in [4.69, 9.17) is 4.98 Å². The third kappa shape index (κ3) is 4.94. The van der Waals surface area contributed by atoms with Crippen LogP contribution in [0.5, 0.6) is 5.75 Å². The van der Waals surface area contributed by atoms with Gasteiger partial charge in [-0.2, -0.15) is 0 Å². The highest BCUT2D eigenvalue weighted by Gasteiger charge is 2.22. The summed E-state index contributed by atoms with van der Waals surface area (Å²) in [6.07, 6.45) is 4.47. The van der Waals surface area contributed by atoms with Gasteiger partial charge in [0, 0.05) is 34.9 Å². The number of hydrogen-bond acceptors (Lipinski definition) is 3. The van der Waals surface area contributed by atoms with Gasteiger partial charge in [-0.1, -0.05) is 60.7 Å². The van der Waals surface area contributed by atoms with Gasteiger partial charge in [0.1, 0.15) is 5.75 Å². The quantitative estimate of drug-likeness (QED) is 0.283. The molecule has 5 aromatic rings. The SMILES string of the molecule is Cc1ccccc1-c1cccnc1C(Cc1ccccc1)NC(=O)Cc1c[nH]c2cc(O)ccc12. The fourth-order valence-electron chi connectivity index (χ4n) is 4.60. The Hall–Kier alpha value is -4.38. The van der Waals surface area contributed by atoms with Crippen LogP contribution in [-0.2, 0) is 17.6 Å². The van der Waals surface area contributed by atoms with Gasteiger partial charge in [0.15, 0.2) is 0 Å². The zero-order valence-corrected chi connectivity index (χ0v) is 19.5. The number of phenols is 1. The molecule has 0 aliphatic heterocycles. The Morgan fingerprint density at radius 3 is 2.57 bits per heavy atom. The predicted molar refractivity (Wildman–Crippen MR) is 139 cm³/mol. The summed E-state index contributed by atoms with van der Waals surface area (Å²) in [5, 5.41) is 13.9. The average molecular weight is 462 g/mol. The van der Waals surface area contributed by atoms with Crippen molar-refractivity contribution in [3.8, 4) is 16.9 Å². The Morgan fingerprint density at radius 2 is 1.74 bits per heavy atom. The number of H-pyrrole nitrogens is 1. The molecule has 2 aromatic heterocycles. The van der Waals surface area contributed by atoms with Crippen LogP contribution in [0.4, 0.5) is 0 Å². The smallest absolute Gasteiger partial charge is 0.225 e. The van der Waals surface area contributed by atoms with Gasteiger partial charge in [0.2, 0.25) is 5.91 Å². The molecule has 3 N–H and O–H groups in total. The van der Waals surface area contributed by atoms with Crippen molar-refractivity contribution in [2.24, 2.45) is 0 Å². The van der Waals surface area contributed by atoms with E-state index in [1.165, 1.54) is 0 Å². The second kappa shape index (κ2) is 9.85. The Balaban J connectivity index is 1.48. The molecular formula is C30H27N3O2. The summed E-state index contributed by atoms with van der Waals surface area (Å²) in [6.45, 7) is 2.09. The number of aromatic hydroxyl groups is 1. The van der Waals surface area contributed by atoms with Crippen molar-refractivity contribution in [2.75, 3.05) is 0 Å². The van der Waals surface area contributed by atoms with Crippen LogP contribution >= 0.6 is 0 Å². The molecule has 0 aliphatic carbocycles. The summed E-state index contributed by atoms with van der Waals surface area (Å²) < 4.78 is 0. The Kier molecular flexibility index (Phi) is 6.31. The number of nitrogens with zero attached hydrogens (tertiary/aromatic N) is 1. The Morgan fingerprint density at radius 1 is 0.971 bits per heavy atom. The molecule has 1 atom stereocenters. The van der Waals surface area contributed by atoms with Crippen molar-refractivity contribution < 1.29 is 9.90 Å². The Bertz CT molecular complexity index is 1470. The molecule has 0 radical (unpaired) electrons. The van der Waals surface area contributed by atoms with Gasteiger partial charge in [0.05, 0.1) is 18.2 Å². The summed E-state index contributed by atoms with van der Waals surface area (Å²) >= 11 is 0. The third-order valence-corrected chi connectivity index (χ3v) is 6.32. The number of phenolic OH excluding ortho intramolecular Hbond substituents is 1. The normalized spacial score (nSPS) is 11.9. The topological polar surface area (TPSA) is 78.0 Å². The maximum Gasteiger partial charge on any atom is 0.225 e. The number of benzene rings is 3. The van der Waals surface area contributed by atoms with Crippen LogP contribution in [0.25, 0.3) is 22.0 Å². The molecule has 5 rings (SSSR count). The van der Waals surface area contributed by atoms with Crippen molar-refractivity contribution in [3.63, 3.8) is 0 Å². The lowest BCUT2D eigenvalue weighted by molar-refractivity contribution is -0.121. The Labute approximate surface area is 204 Å².